The molecule has 110 valence electrons. The van der Waals surface area contributed by atoms with Crippen molar-refractivity contribution in [2.45, 2.75) is 25.0 Å². The van der Waals surface area contributed by atoms with Crippen LogP contribution < -0.4 is 15.4 Å². The number of rotatable bonds is 6. The average Bonchev–Trinajstić information content (AvgIpc) is 2.46. The number of piperidine rings is 1. The minimum Gasteiger partial charge on any atom is -0.491 e. The molecule has 20 heavy (non-hydrogen) atoms. The fraction of sp³-hybridized carbons (Fsp3) is 0.500. The first-order valence-corrected chi connectivity index (χ1v) is 7.10. The highest BCUT2D eigenvalue weighted by Gasteiger charge is 2.21. The number of carbonyl (C=O) groups excluding carboxylic acids is 1. The minimum absolute atomic E-state index is 0.00192. The molecule has 1 aromatic rings. The van der Waals surface area contributed by atoms with Gasteiger partial charge in [-0.2, -0.15) is 0 Å². The van der Waals surface area contributed by atoms with Gasteiger partial charge in [0.15, 0.2) is 0 Å². The summed E-state index contributed by atoms with van der Waals surface area (Å²) in [6, 6.07) is 6.74. The van der Waals surface area contributed by atoms with Crippen molar-refractivity contribution < 1.29 is 14.6 Å². The summed E-state index contributed by atoms with van der Waals surface area (Å²) in [5.41, 5.74) is 0. The van der Waals surface area contributed by atoms with E-state index in [0.29, 0.717) is 17.3 Å². The van der Waals surface area contributed by atoms with Crippen LogP contribution >= 0.6 is 11.6 Å². The Morgan fingerprint density at radius 1 is 1.45 bits per heavy atom. The Kier molecular flexibility index (Phi) is 5.64. The molecule has 6 heteroatoms. The average molecular weight is 299 g/mol. The van der Waals surface area contributed by atoms with Gasteiger partial charge in [0, 0.05) is 18.1 Å². The number of amides is 1. The quantitative estimate of drug-likeness (QED) is 0.731. The predicted octanol–water partition coefficient (Wildman–Crippen LogP) is 0.948. The molecule has 0 bridgehead atoms. The first-order chi connectivity index (χ1) is 9.65. The van der Waals surface area contributed by atoms with Crippen molar-refractivity contribution in [3.05, 3.63) is 29.3 Å². The third kappa shape index (κ3) is 4.67. The van der Waals surface area contributed by atoms with Gasteiger partial charge in [0.1, 0.15) is 18.5 Å². The molecule has 0 aliphatic carbocycles. The van der Waals surface area contributed by atoms with Crippen LogP contribution in [0.4, 0.5) is 0 Å². The molecule has 2 rings (SSSR count). The molecule has 0 spiro atoms. The van der Waals surface area contributed by atoms with Crippen LogP contribution in [0.15, 0.2) is 24.3 Å². The van der Waals surface area contributed by atoms with Crippen LogP contribution in [-0.4, -0.2) is 42.9 Å². The molecule has 1 amide bonds. The van der Waals surface area contributed by atoms with Crippen LogP contribution in [0, 0.1) is 0 Å². The lowest BCUT2D eigenvalue weighted by molar-refractivity contribution is -0.124. The fourth-order valence-electron chi connectivity index (χ4n) is 2.03. The molecule has 5 nitrogen and oxygen atoms in total. The van der Waals surface area contributed by atoms with Gasteiger partial charge in [-0.15, -0.1) is 0 Å². The van der Waals surface area contributed by atoms with Gasteiger partial charge in [-0.25, -0.2) is 0 Å². The molecule has 3 N–H and O–H groups in total. The van der Waals surface area contributed by atoms with Crippen LogP contribution in [0.5, 0.6) is 5.75 Å². The Morgan fingerprint density at radius 3 is 2.90 bits per heavy atom. The monoisotopic (exact) mass is 298 g/mol. The molecule has 1 fully saturated rings. The number of halogens is 1. The maximum atomic E-state index is 11.5. The zero-order valence-corrected chi connectivity index (χ0v) is 11.9. The number of benzene rings is 1. The van der Waals surface area contributed by atoms with Crippen LogP contribution in [-0.2, 0) is 4.79 Å². The summed E-state index contributed by atoms with van der Waals surface area (Å²) in [7, 11) is 0. The standard InChI is InChI=1S/C14H19ClN2O3/c15-10-3-5-12(6-4-10)20-9-11(18)8-17-13-2-1-7-16-14(13)19/h3-6,11,13,17-18H,1-2,7-9H2,(H,16,19). The third-order valence-electron chi connectivity index (χ3n) is 3.14. The van der Waals surface area contributed by atoms with E-state index < -0.39 is 6.10 Å². The Bertz CT molecular complexity index is 439. The van der Waals surface area contributed by atoms with E-state index in [0.717, 1.165) is 19.4 Å². The van der Waals surface area contributed by atoms with Crippen molar-refractivity contribution in [2.24, 2.45) is 0 Å². The van der Waals surface area contributed by atoms with Crippen molar-refractivity contribution >= 4 is 17.5 Å². The predicted molar refractivity (Wildman–Crippen MR) is 77.0 cm³/mol. The van der Waals surface area contributed by atoms with E-state index in [1.54, 1.807) is 24.3 Å². The second-order valence-corrected chi connectivity index (χ2v) is 5.25. The molecule has 2 unspecified atom stereocenters. The molecule has 0 saturated carbocycles. The van der Waals surface area contributed by atoms with E-state index in [1.165, 1.54) is 0 Å². The number of hydrogen-bond acceptors (Lipinski definition) is 4. The number of aliphatic hydroxyl groups is 1. The van der Waals surface area contributed by atoms with E-state index in [4.69, 9.17) is 16.3 Å². The lowest BCUT2D eigenvalue weighted by Crippen LogP contribution is -2.50. The van der Waals surface area contributed by atoms with E-state index in [1.807, 2.05) is 0 Å². The van der Waals surface area contributed by atoms with Gasteiger partial charge >= 0.3 is 0 Å². The molecule has 1 heterocycles. The van der Waals surface area contributed by atoms with Gasteiger partial charge in [-0.3, -0.25) is 4.79 Å². The third-order valence-corrected chi connectivity index (χ3v) is 3.39. The normalized spacial score (nSPS) is 20.3. The molecule has 1 aromatic carbocycles. The van der Waals surface area contributed by atoms with E-state index in [2.05, 4.69) is 10.6 Å². The number of ether oxygens (including phenoxy) is 1. The number of carbonyl (C=O) groups is 1. The van der Waals surface area contributed by atoms with Gasteiger partial charge < -0.3 is 20.5 Å². The van der Waals surface area contributed by atoms with Crippen molar-refractivity contribution in [3.63, 3.8) is 0 Å². The zero-order chi connectivity index (χ0) is 14.4. The molecular formula is C14H19ClN2O3. The van der Waals surface area contributed by atoms with Crippen molar-refractivity contribution in [3.8, 4) is 5.75 Å². The molecular weight excluding hydrogens is 280 g/mol. The second kappa shape index (κ2) is 7.47. The lowest BCUT2D eigenvalue weighted by atomic mass is 10.1. The van der Waals surface area contributed by atoms with Gasteiger partial charge in [-0.1, -0.05) is 11.6 Å². The topological polar surface area (TPSA) is 70.6 Å². The Balaban J connectivity index is 1.68. The highest BCUT2D eigenvalue weighted by Crippen LogP contribution is 2.15. The van der Waals surface area contributed by atoms with E-state index in [9.17, 15) is 9.90 Å². The summed E-state index contributed by atoms with van der Waals surface area (Å²) >= 11 is 5.77. The summed E-state index contributed by atoms with van der Waals surface area (Å²) < 4.78 is 5.44. The maximum absolute atomic E-state index is 11.5. The Labute approximate surface area is 123 Å². The van der Waals surface area contributed by atoms with Crippen molar-refractivity contribution in [1.82, 2.24) is 10.6 Å². The first kappa shape index (κ1) is 15.1. The summed E-state index contributed by atoms with van der Waals surface area (Å²) in [6.45, 7) is 1.23. The van der Waals surface area contributed by atoms with Gasteiger partial charge in [-0.05, 0) is 37.1 Å². The van der Waals surface area contributed by atoms with Gasteiger partial charge in [0.2, 0.25) is 5.91 Å². The van der Waals surface area contributed by atoms with Crippen LogP contribution in [0.1, 0.15) is 12.8 Å². The molecule has 0 aromatic heterocycles. The summed E-state index contributed by atoms with van der Waals surface area (Å²) in [6.07, 6.45) is 1.09. The van der Waals surface area contributed by atoms with E-state index >= 15 is 0 Å². The van der Waals surface area contributed by atoms with Crippen molar-refractivity contribution in [1.29, 1.82) is 0 Å². The fourth-order valence-corrected chi connectivity index (χ4v) is 2.15. The largest absolute Gasteiger partial charge is 0.491 e. The number of nitrogens with one attached hydrogen (secondary N) is 2. The number of hydrogen-bond donors (Lipinski definition) is 3. The van der Waals surface area contributed by atoms with Crippen LogP contribution in [0.2, 0.25) is 5.02 Å². The molecule has 1 saturated heterocycles. The van der Waals surface area contributed by atoms with Crippen LogP contribution in [0.3, 0.4) is 0 Å². The molecule has 0 radical (unpaired) electrons. The highest BCUT2D eigenvalue weighted by atomic mass is 35.5. The zero-order valence-electron chi connectivity index (χ0n) is 11.1. The Morgan fingerprint density at radius 2 is 2.20 bits per heavy atom. The SMILES string of the molecule is O=C1NCCCC1NCC(O)COc1ccc(Cl)cc1. The van der Waals surface area contributed by atoms with Gasteiger partial charge in [0.05, 0.1) is 6.04 Å². The minimum atomic E-state index is -0.666. The summed E-state index contributed by atoms with van der Waals surface area (Å²) in [5, 5.41) is 16.3. The number of aliphatic hydroxyl groups excluding tert-OH is 1. The highest BCUT2D eigenvalue weighted by molar-refractivity contribution is 6.30. The van der Waals surface area contributed by atoms with Crippen molar-refractivity contribution in [2.75, 3.05) is 19.7 Å². The molecule has 1 aliphatic rings. The van der Waals surface area contributed by atoms with E-state index in [-0.39, 0.29) is 18.6 Å². The second-order valence-electron chi connectivity index (χ2n) is 4.81. The molecule has 1 aliphatic heterocycles. The first-order valence-electron chi connectivity index (χ1n) is 6.72. The smallest absolute Gasteiger partial charge is 0.237 e. The summed E-state index contributed by atoms with van der Waals surface area (Å²) in [4.78, 5) is 11.5. The Hall–Kier alpha value is -1.30. The lowest BCUT2D eigenvalue weighted by Gasteiger charge is -2.24. The summed E-state index contributed by atoms with van der Waals surface area (Å²) in [5.74, 6) is 0.658. The maximum Gasteiger partial charge on any atom is 0.237 e. The molecule has 2 atom stereocenters. The van der Waals surface area contributed by atoms with Crippen LogP contribution in [0.25, 0.3) is 0 Å². The van der Waals surface area contributed by atoms with Gasteiger partial charge in [0.25, 0.3) is 0 Å².